The van der Waals surface area contributed by atoms with Crippen LogP contribution >= 0.6 is 0 Å². The number of hydrogen-bond donors (Lipinski definition) is 1. The van der Waals surface area contributed by atoms with Crippen molar-refractivity contribution in [2.24, 2.45) is 5.73 Å². The third-order valence-electron chi connectivity index (χ3n) is 3.39. The van der Waals surface area contributed by atoms with Gasteiger partial charge in [0.25, 0.3) is 0 Å². The second-order valence-electron chi connectivity index (χ2n) is 6.16. The van der Waals surface area contributed by atoms with Crippen LogP contribution in [0.3, 0.4) is 0 Å². The predicted octanol–water partition coefficient (Wildman–Crippen LogP) is 5.01. The summed E-state index contributed by atoms with van der Waals surface area (Å²) in [6, 6.07) is 0. The van der Waals surface area contributed by atoms with Gasteiger partial charge in [0.1, 0.15) is 6.23 Å². The van der Waals surface area contributed by atoms with E-state index in [1.54, 1.807) is 0 Å². The van der Waals surface area contributed by atoms with Crippen molar-refractivity contribution < 1.29 is 4.74 Å². The summed E-state index contributed by atoms with van der Waals surface area (Å²) in [5.41, 5.74) is 5.61. The third kappa shape index (κ3) is 12.4. The largest absolute Gasteiger partial charge is 0.358 e. The first kappa shape index (κ1) is 17.9. The van der Waals surface area contributed by atoms with Crippen molar-refractivity contribution >= 4 is 0 Å². The molecule has 0 amide bonds. The lowest BCUT2D eigenvalue weighted by Crippen LogP contribution is -2.33. The maximum absolute atomic E-state index is 5.69. The SMILES string of the molecule is CCCCCCCCCCCC(C)(C)OC(C)N. The normalized spacial score (nSPS) is 13.8. The van der Waals surface area contributed by atoms with E-state index in [0.29, 0.717) is 0 Å². The summed E-state index contributed by atoms with van der Waals surface area (Å²) in [6.45, 7) is 8.45. The fraction of sp³-hybridized carbons (Fsp3) is 1.00. The Kier molecular flexibility index (Phi) is 10.8. The minimum atomic E-state index is -0.154. The Bertz CT molecular complexity index is 178. The molecule has 0 saturated heterocycles. The van der Waals surface area contributed by atoms with E-state index < -0.39 is 0 Å². The molecule has 0 aromatic carbocycles. The first-order valence-electron chi connectivity index (χ1n) is 7.91. The molecule has 0 fully saturated rings. The number of hydrogen-bond acceptors (Lipinski definition) is 2. The van der Waals surface area contributed by atoms with Crippen LogP contribution in [0.4, 0.5) is 0 Å². The summed E-state index contributed by atoms with van der Waals surface area (Å²) in [7, 11) is 0. The highest BCUT2D eigenvalue weighted by Gasteiger charge is 2.19. The predicted molar refractivity (Wildman–Crippen MR) is 80.7 cm³/mol. The molecule has 2 heteroatoms. The van der Waals surface area contributed by atoms with Crippen molar-refractivity contribution in [3.8, 4) is 0 Å². The van der Waals surface area contributed by atoms with E-state index in [4.69, 9.17) is 10.5 Å². The van der Waals surface area contributed by atoms with Crippen LogP contribution in [0.5, 0.6) is 0 Å². The minimum absolute atomic E-state index is 0.0602. The summed E-state index contributed by atoms with van der Waals surface area (Å²) in [5, 5.41) is 0. The van der Waals surface area contributed by atoms with Crippen molar-refractivity contribution in [1.29, 1.82) is 0 Å². The molecule has 1 unspecified atom stereocenters. The van der Waals surface area contributed by atoms with Crippen LogP contribution in [0, 0.1) is 0 Å². The zero-order valence-corrected chi connectivity index (χ0v) is 13.1. The number of rotatable bonds is 12. The monoisotopic (exact) mass is 257 g/mol. The van der Waals surface area contributed by atoms with Gasteiger partial charge < -0.3 is 10.5 Å². The molecular formula is C16H35NO. The van der Waals surface area contributed by atoms with E-state index >= 15 is 0 Å². The average Bonchev–Trinajstić information content (AvgIpc) is 2.25. The van der Waals surface area contributed by atoms with Gasteiger partial charge in [0, 0.05) is 0 Å². The van der Waals surface area contributed by atoms with Crippen molar-refractivity contribution in [2.45, 2.75) is 104 Å². The Hall–Kier alpha value is -0.0800. The molecule has 0 aliphatic carbocycles. The molecule has 0 aliphatic rings. The van der Waals surface area contributed by atoms with Crippen LogP contribution in [0.15, 0.2) is 0 Å². The molecule has 0 aromatic rings. The third-order valence-corrected chi connectivity index (χ3v) is 3.39. The van der Waals surface area contributed by atoms with Gasteiger partial charge in [0.05, 0.1) is 5.60 Å². The van der Waals surface area contributed by atoms with Gasteiger partial charge in [-0.15, -0.1) is 0 Å². The Morgan fingerprint density at radius 3 is 1.78 bits per heavy atom. The molecule has 2 N–H and O–H groups in total. The molecule has 0 heterocycles. The second kappa shape index (κ2) is 10.8. The number of nitrogens with two attached hydrogens (primary N) is 1. The molecule has 1 atom stereocenters. The Morgan fingerprint density at radius 1 is 0.889 bits per heavy atom. The average molecular weight is 257 g/mol. The molecule has 18 heavy (non-hydrogen) atoms. The highest BCUT2D eigenvalue weighted by atomic mass is 16.5. The minimum Gasteiger partial charge on any atom is -0.358 e. The van der Waals surface area contributed by atoms with E-state index in [1.807, 2.05) is 6.92 Å². The van der Waals surface area contributed by atoms with Crippen LogP contribution in [-0.2, 0) is 4.74 Å². The van der Waals surface area contributed by atoms with E-state index in [0.717, 1.165) is 6.42 Å². The number of ether oxygens (including phenoxy) is 1. The van der Waals surface area contributed by atoms with Crippen LogP contribution < -0.4 is 5.73 Å². The molecule has 2 nitrogen and oxygen atoms in total. The second-order valence-corrected chi connectivity index (χ2v) is 6.16. The smallest absolute Gasteiger partial charge is 0.103 e. The lowest BCUT2D eigenvalue weighted by Gasteiger charge is -2.27. The highest BCUT2D eigenvalue weighted by Crippen LogP contribution is 2.20. The topological polar surface area (TPSA) is 35.2 Å². The molecule has 0 rings (SSSR count). The maximum atomic E-state index is 5.69. The van der Waals surface area contributed by atoms with E-state index in [-0.39, 0.29) is 11.8 Å². The van der Waals surface area contributed by atoms with E-state index in [1.165, 1.54) is 57.8 Å². The first-order valence-corrected chi connectivity index (χ1v) is 7.91. The van der Waals surface area contributed by atoms with Gasteiger partial charge in [-0.3, -0.25) is 0 Å². The zero-order chi connectivity index (χ0) is 13.9. The van der Waals surface area contributed by atoms with Gasteiger partial charge in [-0.2, -0.15) is 0 Å². The highest BCUT2D eigenvalue weighted by molar-refractivity contribution is 4.69. The summed E-state index contributed by atoms with van der Waals surface area (Å²) in [5.74, 6) is 0. The van der Waals surface area contributed by atoms with Crippen molar-refractivity contribution in [3.05, 3.63) is 0 Å². The Balaban J connectivity index is 3.29. The van der Waals surface area contributed by atoms with E-state index in [9.17, 15) is 0 Å². The van der Waals surface area contributed by atoms with E-state index in [2.05, 4.69) is 20.8 Å². The van der Waals surface area contributed by atoms with Crippen LogP contribution in [0.2, 0.25) is 0 Å². The lowest BCUT2D eigenvalue weighted by molar-refractivity contribution is -0.0665. The van der Waals surface area contributed by atoms with Crippen molar-refractivity contribution in [1.82, 2.24) is 0 Å². The van der Waals surface area contributed by atoms with Crippen LogP contribution in [-0.4, -0.2) is 11.8 Å². The van der Waals surface area contributed by atoms with Gasteiger partial charge in [-0.05, 0) is 27.2 Å². The molecule has 0 spiro atoms. The molecule has 0 saturated carbocycles. The summed E-state index contributed by atoms with van der Waals surface area (Å²) < 4.78 is 5.69. The fourth-order valence-corrected chi connectivity index (χ4v) is 2.42. The van der Waals surface area contributed by atoms with Crippen LogP contribution in [0.25, 0.3) is 0 Å². The van der Waals surface area contributed by atoms with Gasteiger partial charge >= 0.3 is 0 Å². The first-order chi connectivity index (χ1) is 8.48. The van der Waals surface area contributed by atoms with Crippen molar-refractivity contribution in [2.75, 3.05) is 0 Å². The van der Waals surface area contributed by atoms with Gasteiger partial charge in [-0.25, -0.2) is 0 Å². The summed E-state index contributed by atoms with van der Waals surface area (Å²) in [6.07, 6.45) is 13.3. The van der Waals surface area contributed by atoms with Gasteiger partial charge in [0.15, 0.2) is 0 Å². The molecule has 0 aromatic heterocycles. The molecule has 0 aliphatic heterocycles. The number of unbranched alkanes of at least 4 members (excludes halogenated alkanes) is 8. The Morgan fingerprint density at radius 2 is 1.33 bits per heavy atom. The quantitative estimate of drug-likeness (QED) is 0.394. The fourth-order valence-electron chi connectivity index (χ4n) is 2.42. The molecule has 0 bridgehead atoms. The molecule has 0 radical (unpaired) electrons. The van der Waals surface area contributed by atoms with Gasteiger partial charge in [0.2, 0.25) is 0 Å². The summed E-state index contributed by atoms with van der Waals surface area (Å²) >= 11 is 0. The van der Waals surface area contributed by atoms with Crippen molar-refractivity contribution in [3.63, 3.8) is 0 Å². The summed E-state index contributed by atoms with van der Waals surface area (Å²) in [4.78, 5) is 0. The molecule has 110 valence electrons. The maximum Gasteiger partial charge on any atom is 0.103 e. The van der Waals surface area contributed by atoms with Gasteiger partial charge in [-0.1, -0.05) is 64.7 Å². The molecular weight excluding hydrogens is 222 g/mol. The zero-order valence-electron chi connectivity index (χ0n) is 13.1. The standard InChI is InChI=1S/C16H35NO/c1-5-6-7-8-9-10-11-12-13-14-16(3,4)18-15(2)17/h15H,5-14,17H2,1-4H3. The lowest BCUT2D eigenvalue weighted by atomic mass is 9.99. The Labute approximate surface area is 115 Å². The van der Waals surface area contributed by atoms with Crippen LogP contribution in [0.1, 0.15) is 91.9 Å².